The molecule has 0 aliphatic carbocycles. The summed E-state index contributed by atoms with van der Waals surface area (Å²) in [4.78, 5) is 21.9. The molecule has 2 aromatic rings. The lowest BCUT2D eigenvalue weighted by Gasteiger charge is -2.27. The van der Waals surface area contributed by atoms with Gasteiger partial charge in [-0.15, -0.1) is 0 Å². The van der Waals surface area contributed by atoms with Crippen LogP contribution in [0.1, 0.15) is 12.1 Å². The van der Waals surface area contributed by atoms with Crippen LogP contribution in [0.2, 0.25) is 0 Å². The molecule has 1 aromatic heterocycles. The number of aromatic nitrogens is 2. The summed E-state index contributed by atoms with van der Waals surface area (Å²) < 4.78 is 0. The maximum absolute atomic E-state index is 11.9. The van der Waals surface area contributed by atoms with Gasteiger partial charge in [-0.25, -0.2) is 14.8 Å². The molecule has 1 aromatic carbocycles. The fraction of sp³-hybridized carbons (Fsp3) is 0.267. The topological polar surface area (TPSA) is 70.2 Å². The molecule has 1 saturated heterocycles. The molecule has 2 amide bonds. The first kappa shape index (κ1) is 13.4. The van der Waals surface area contributed by atoms with Crippen molar-refractivity contribution in [3.63, 3.8) is 0 Å². The Bertz CT molecular complexity index is 658. The Morgan fingerprint density at radius 1 is 1.29 bits per heavy atom. The average Bonchev–Trinajstić information content (AvgIpc) is 2.48. The van der Waals surface area contributed by atoms with Gasteiger partial charge in [0.1, 0.15) is 12.1 Å². The zero-order valence-corrected chi connectivity index (χ0v) is 11.8. The molecule has 6 nitrogen and oxygen atoms in total. The number of nitrogens with zero attached hydrogens (tertiary/aromatic N) is 3. The molecule has 2 N–H and O–H groups in total. The van der Waals surface area contributed by atoms with E-state index in [1.165, 1.54) is 6.33 Å². The fourth-order valence-electron chi connectivity index (χ4n) is 2.30. The lowest BCUT2D eigenvalue weighted by atomic mass is 10.2. The van der Waals surface area contributed by atoms with E-state index in [0.29, 0.717) is 0 Å². The third kappa shape index (κ3) is 3.10. The third-order valence-electron chi connectivity index (χ3n) is 3.31. The van der Waals surface area contributed by atoms with Crippen LogP contribution in [0.5, 0.6) is 0 Å². The van der Waals surface area contributed by atoms with E-state index in [2.05, 4.69) is 20.6 Å². The summed E-state index contributed by atoms with van der Waals surface area (Å²) in [5.74, 6) is 0.739. The van der Waals surface area contributed by atoms with Gasteiger partial charge in [-0.05, 0) is 31.5 Å². The Morgan fingerprint density at radius 2 is 2.19 bits per heavy atom. The van der Waals surface area contributed by atoms with Crippen molar-refractivity contribution in [1.29, 1.82) is 0 Å². The smallest absolute Gasteiger partial charge is 0.321 e. The lowest BCUT2D eigenvalue weighted by molar-refractivity contribution is 0.243. The summed E-state index contributed by atoms with van der Waals surface area (Å²) in [6.07, 6.45) is 2.48. The molecular weight excluding hydrogens is 266 g/mol. The molecule has 0 bridgehead atoms. The first-order valence-electron chi connectivity index (χ1n) is 6.93. The molecule has 0 saturated carbocycles. The second-order valence-corrected chi connectivity index (χ2v) is 4.96. The van der Waals surface area contributed by atoms with Crippen molar-refractivity contribution in [3.8, 4) is 0 Å². The average molecular weight is 283 g/mol. The summed E-state index contributed by atoms with van der Waals surface area (Å²) in [6, 6.07) is 9.58. The molecule has 1 fully saturated rings. The fourth-order valence-corrected chi connectivity index (χ4v) is 2.30. The normalized spacial score (nSPS) is 14.7. The molecule has 3 rings (SSSR count). The predicted molar refractivity (Wildman–Crippen MR) is 81.9 cm³/mol. The van der Waals surface area contributed by atoms with Gasteiger partial charge < -0.3 is 10.6 Å². The summed E-state index contributed by atoms with van der Waals surface area (Å²) in [5, 5.41) is 6.08. The summed E-state index contributed by atoms with van der Waals surface area (Å²) >= 11 is 0. The van der Waals surface area contributed by atoms with Gasteiger partial charge in [0.15, 0.2) is 0 Å². The molecule has 6 heteroatoms. The Morgan fingerprint density at radius 3 is 3.00 bits per heavy atom. The van der Waals surface area contributed by atoms with E-state index < -0.39 is 0 Å². The maximum atomic E-state index is 11.9. The highest BCUT2D eigenvalue weighted by atomic mass is 16.2. The molecular formula is C15H17N5O. The molecule has 21 heavy (non-hydrogen) atoms. The summed E-state index contributed by atoms with van der Waals surface area (Å²) in [7, 11) is 0. The minimum atomic E-state index is -0.0451. The second-order valence-electron chi connectivity index (χ2n) is 4.96. The number of nitrogens with one attached hydrogen (secondary N) is 2. The van der Waals surface area contributed by atoms with Gasteiger partial charge in [0.05, 0.1) is 0 Å². The third-order valence-corrected chi connectivity index (χ3v) is 3.31. The van der Waals surface area contributed by atoms with Gasteiger partial charge in [0, 0.05) is 36.2 Å². The van der Waals surface area contributed by atoms with Gasteiger partial charge in [-0.3, -0.25) is 4.90 Å². The minimum Gasteiger partial charge on any atom is -0.340 e. The van der Waals surface area contributed by atoms with Gasteiger partial charge in [-0.2, -0.15) is 0 Å². The molecule has 0 unspecified atom stereocenters. The highest BCUT2D eigenvalue weighted by Crippen LogP contribution is 2.23. The van der Waals surface area contributed by atoms with Crippen LogP contribution < -0.4 is 15.5 Å². The molecule has 1 aliphatic heterocycles. The number of carbonyl (C=O) groups excluding carboxylic acids is 1. The number of aryl methyl sites for hydroxylation is 1. The maximum Gasteiger partial charge on any atom is 0.321 e. The largest absolute Gasteiger partial charge is 0.340 e. The van der Waals surface area contributed by atoms with Crippen molar-refractivity contribution in [3.05, 3.63) is 42.4 Å². The van der Waals surface area contributed by atoms with Crippen LogP contribution in [0, 0.1) is 6.92 Å². The van der Waals surface area contributed by atoms with E-state index >= 15 is 0 Å². The summed E-state index contributed by atoms with van der Waals surface area (Å²) in [6.45, 7) is 3.40. The van der Waals surface area contributed by atoms with Gasteiger partial charge in [-0.1, -0.05) is 6.07 Å². The van der Waals surface area contributed by atoms with Gasteiger partial charge in [0.25, 0.3) is 0 Å². The van der Waals surface area contributed by atoms with Crippen molar-refractivity contribution in [2.45, 2.75) is 13.3 Å². The van der Waals surface area contributed by atoms with Crippen molar-refractivity contribution in [1.82, 2.24) is 15.3 Å². The molecule has 1 aliphatic rings. The molecule has 0 atom stereocenters. The molecule has 0 radical (unpaired) electrons. The number of amides is 2. The van der Waals surface area contributed by atoms with Crippen LogP contribution in [-0.4, -0.2) is 29.1 Å². The standard InChI is InChI=1S/C15H17N5O/c1-11-8-14(18-10-17-11)19-12-4-2-5-13(9-12)20-7-3-6-16-15(20)21/h2,4-5,8-10H,3,6-7H2,1H3,(H,16,21)(H,17,18,19). The van der Waals surface area contributed by atoms with Crippen LogP contribution in [0.15, 0.2) is 36.7 Å². The minimum absolute atomic E-state index is 0.0451. The predicted octanol–water partition coefficient (Wildman–Crippen LogP) is 2.45. The number of anilines is 3. The monoisotopic (exact) mass is 283 g/mol. The zero-order valence-electron chi connectivity index (χ0n) is 11.8. The summed E-state index contributed by atoms with van der Waals surface area (Å²) in [5.41, 5.74) is 2.67. The number of carbonyl (C=O) groups is 1. The van der Waals surface area contributed by atoms with Crippen LogP contribution in [0.4, 0.5) is 22.0 Å². The number of rotatable bonds is 3. The van der Waals surface area contributed by atoms with E-state index in [1.54, 1.807) is 4.90 Å². The van der Waals surface area contributed by atoms with Crippen molar-refractivity contribution >= 4 is 23.2 Å². The van der Waals surface area contributed by atoms with Crippen LogP contribution >= 0.6 is 0 Å². The van der Waals surface area contributed by atoms with E-state index in [4.69, 9.17) is 0 Å². The van der Waals surface area contributed by atoms with Crippen molar-refractivity contribution in [2.75, 3.05) is 23.3 Å². The first-order valence-corrected chi connectivity index (χ1v) is 6.93. The Kier molecular flexibility index (Phi) is 3.68. The first-order chi connectivity index (χ1) is 10.2. The number of hydrogen-bond acceptors (Lipinski definition) is 4. The molecule has 108 valence electrons. The highest BCUT2D eigenvalue weighted by Gasteiger charge is 2.19. The van der Waals surface area contributed by atoms with E-state index in [-0.39, 0.29) is 6.03 Å². The van der Waals surface area contributed by atoms with Crippen LogP contribution in [-0.2, 0) is 0 Å². The van der Waals surface area contributed by atoms with E-state index in [9.17, 15) is 4.79 Å². The van der Waals surface area contributed by atoms with Crippen molar-refractivity contribution in [2.24, 2.45) is 0 Å². The van der Waals surface area contributed by atoms with Crippen LogP contribution in [0.3, 0.4) is 0 Å². The van der Waals surface area contributed by atoms with E-state index in [0.717, 1.165) is 42.4 Å². The van der Waals surface area contributed by atoms with Gasteiger partial charge >= 0.3 is 6.03 Å². The number of benzene rings is 1. The SMILES string of the molecule is Cc1cc(Nc2cccc(N3CCCNC3=O)c2)ncn1. The number of hydrogen-bond donors (Lipinski definition) is 2. The molecule has 2 heterocycles. The Labute approximate surface area is 123 Å². The zero-order chi connectivity index (χ0) is 14.7. The number of urea groups is 1. The highest BCUT2D eigenvalue weighted by molar-refractivity contribution is 5.93. The second kappa shape index (κ2) is 5.78. The Balaban J connectivity index is 1.81. The van der Waals surface area contributed by atoms with Crippen molar-refractivity contribution < 1.29 is 4.79 Å². The molecule has 0 spiro atoms. The Hall–Kier alpha value is -2.63. The van der Waals surface area contributed by atoms with Crippen LogP contribution in [0.25, 0.3) is 0 Å². The quantitative estimate of drug-likeness (QED) is 0.907. The van der Waals surface area contributed by atoms with Gasteiger partial charge in [0.2, 0.25) is 0 Å². The lowest BCUT2D eigenvalue weighted by Crippen LogP contribution is -2.46. The van der Waals surface area contributed by atoms with E-state index in [1.807, 2.05) is 37.3 Å².